The summed E-state index contributed by atoms with van der Waals surface area (Å²) in [5, 5.41) is 20.0. The number of benzene rings is 2. The minimum atomic E-state index is -0.111. The predicted octanol–water partition coefficient (Wildman–Crippen LogP) is 3.10. The summed E-state index contributed by atoms with van der Waals surface area (Å²) in [7, 11) is 1.65. The standard InChI is InChI=1S/C21H21NO3/c1-25-20-9-5-4-8-16(20)21-18(13-24)17(12-23)19-10-14-6-2-3-7-15(14)11-22(19)21/h2-9,23-24H,10-13H2,1H3. The Balaban J connectivity index is 1.99. The molecule has 0 amide bonds. The summed E-state index contributed by atoms with van der Waals surface area (Å²) in [4.78, 5) is 0. The summed E-state index contributed by atoms with van der Waals surface area (Å²) in [6.45, 7) is 0.536. The van der Waals surface area contributed by atoms with E-state index in [9.17, 15) is 10.2 Å². The highest BCUT2D eigenvalue weighted by molar-refractivity contribution is 5.74. The van der Waals surface area contributed by atoms with Crippen molar-refractivity contribution >= 4 is 0 Å². The predicted molar refractivity (Wildman–Crippen MR) is 96.6 cm³/mol. The van der Waals surface area contributed by atoms with Crippen molar-refractivity contribution in [3.8, 4) is 17.0 Å². The van der Waals surface area contributed by atoms with E-state index < -0.39 is 0 Å². The molecule has 2 N–H and O–H groups in total. The van der Waals surface area contributed by atoms with Gasteiger partial charge in [0.25, 0.3) is 0 Å². The summed E-state index contributed by atoms with van der Waals surface area (Å²) in [6.07, 6.45) is 0.758. The fourth-order valence-corrected chi connectivity index (χ4v) is 3.89. The van der Waals surface area contributed by atoms with Gasteiger partial charge in [0.1, 0.15) is 5.75 Å². The monoisotopic (exact) mass is 335 g/mol. The van der Waals surface area contributed by atoms with E-state index in [-0.39, 0.29) is 13.2 Å². The van der Waals surface area contributed by atoms with Crippen LogP contribution in [-0.4, -0.2) is 21.9 Å². The van der Waals surface area contributed by atoms with Crippen molar-refractivity contribution in [3.05, 3.63) is 76.5 Å². The second-order valence-corrected chi connectivity index (χ2v) is 6.30. The third-order valence-electron chi connectivity index (χ3n) is 5.08. The number of ether oxygens (including phenoxy) is 1. The molecule has 0 atom stereocenters. The molecule has 2 aromatic carbocycles. The van der Waals surface area contributed by atoms with Crippen molar-refractivity contribution in [2.45, 2.75) is 26.2 Å². The number of fused-ring (bicyclic) bond motifs is 2. The molecule has 0 aliphatic carbocycles. The van der Waals surface area contributed by atoms with Gasteiger partial charge in [-0.1, -0.05) is 36.4 Å². The van der Waals surface area contributed by atoms with Crippen LogP contribution in [0.15, 0.2) is 48.5 Å². The first-order chi connectivity index (χ1) is 12.3. The van der Waals surface area contributed by atoms with Gasteiger partial charge in [0.2, 0.25) is 0 Å². The molecule has 0 bridgehead atoms. The molecule has 0 unspecified atom stereocenters. The van der Waals surface area contributed by atoms with Crippen LogP contribution >= 0.6 is 0 Å². The average Bonchev–Trinajstić information content (AvgIpc) is 2.98. The third-order valence-corrected chi connectivity index (χ3v) is 5.08. The van der Waals surface area contributed by atoms with Crippen molar-refractivity contribution in [1.82, 2.24) is 4.57 Å². The number of hydrogen-bond donors (Lipinski definition) is 2. The Kier molecular flexibility index (Phi) is 4.07. The first-order valence-electron chi connectivity index (χ1n) is 8.43. The highest BCUT2D eigenvalue weighted by Crippen LogP contribution is 2.40. The zero-order chi connectivity index (χ0) is 17.4. The molecule has 1 aliphatic rings. The number of para-hydroxylation sites is 1. The number of aliphatic hydroxyl groups excluding tert-OH is 2. The molecule has 0 spiro atoms. The smallest absolute Gasteiger partial charge is 0.128 e. The van der Waals surface area contributed by atoms with Crippen molar-refractivity contribution < 1.29 is 14.9 Å². The van der Waals surface area contributed by atoms with Gasteiger partial charge in [0, 0.05) is 35.3 Å². The number of aromatic nitrogens is 1. The molecule has 0 saturated carbocycles. The van der Waals surface area contributed by atoms with E-state index in [1.807, 2.05) is 30.3 Å². The van der Waals surface area contributed by atoms with E-state index in [0.29, 0.717) is 0 Å². The largest absolute Gasteiger partial charge is 0.496 e. The molecule has 1 aromatic heterocycles. The molecule has 1 aliphatic heterocycles. The number of aliphatic hydroxyl groups is 2. The molecular formula is C21H21NO3. The topological polar surface area (TPSA) is 54.6 Å². The summed E-state index contributed by atoms with van der Waals surface area (Å²) in [6, 6.07) is 16.2. The number of rotatable bonds is 4. The van der Waals surface area contributed by atoms with Gasteiger partial charge in [0.15, 0.2) is 0 Å². The molecule has 2 heterocycles. The Morgan fingerprint density at radius 2 is 1.60 bits per heavy atom. The third kappa shape index (κ3) is 2.46. The van der Waals surface area contributed by atoms with Gasteiger partial charge in [0.05, 0.1) is 26.0 Å². The summed E-state index contributed by atoms with van der Waals surface area (Å²) in [5.74, 6) is 0.765. The molecule has 25 heavy (non-hydrogen) atoms. The van der Waals surface area contributed by atoms with E-state index in [1.165, 1.54) is 11.1 Å². The molecule has 0 fully saturated rings. The van der Waals surface area contributed by atoms with Crippen LogP contribution in [0, 0.1) is 0 Å². The maximum absolute atomic E-state index is 10.1. The zero-order valence-electron chi connectivity index (χ0n) is 14.2. The normalized spacial score (nSPS) is 12.6. The lowest BCUT2D eigenvalue weighted by Crippen LogP contribution is -2.15. The molecule has 128 valence electrons. The van der Waals surface area contributed by atoms with Crippen LogP contribution < -0.4 is 4.74 Å². The lowest BCUT2D eigenvalue weighted by atomic mass is 9.97. The Labute approximate surface area is 146 Å². The summed E-state index contributed by atoms with van der Waals surface area (Å²) >= 11 is 0. The number of methoxy groups -OCH3 is 1. The van der Waals surface area contributed by atoms with Crippen molar-refractivity contribution in [2.75, 3.05) is 7.11 Å². The summed E-state index contributed by atoms with van der Waals surface area (Å²) < 4.78 is 7.76. The second-order valence-electron chi connectivity index (χ2n) is 6.30. The van der Waals surface area contributed by atoms with E-state index in [2.05, 4.69) is 22.8 Å². The van der Waals surface area contributed by atoms with E-state index in [0.717, 1.165) is 46.8 Å². The maximum Gasteiger partial charge on any atom is 0.128 e. The van der Waals surface area contributed by atoms with Crippen LogP contribution in [0.4, 0.5) is 0 Å². The lowest BCUT2D eigenvalue weighted by Gasteiger charge is -2.23. The van der Waals surface area contributed by atoms with Gasteiger partial charge in [-0.05, 0) is 23.3 Å². The highest BCUT2D eigenvalue weighted by atomic mass is 16.5. The van der Waals surface area contributed by atoms with E-state index in [1.54, 1.807) is 7.11 Å². The number of hydrogen-bond acceptors (Lipinski definition) is 3. The Morgan fingerprint density at radius 1 is 0.920 bits per heavy atom. The molecule has 4 heteroatoms. The van der Waals surface area contributed by atoms with Gasteiger partial charge >= 0.3 is 0 Å². The highest BCUT2D eigenvalue weighted by Gasteiger charge is 2.27. The molecule has 4 rings (SSSR count). The van der Waals surface area contributed by atoms with Crippen LogP contribution in [0.3, 0.4) is 0 Å². The summed E-state index contributed by atoms with van der Waals surface area (Å²) in [5.41, 5.74) is 7.12. The van der Waals surface area contributed by atoms with E-state index >= 15 is 0 Å². The van der Waals surface area contributed by atoms with Crippen LogP contribution in [-0.2, 0) is 26.2 Å². The second kappa shape index (κ2) is 6.39. The van der Waals surface area contributed by atoms with Gasteiger partial charge in [-0.3, -0.25) is 0 Å². The van der Waals surface area contributed by atoms with Crippen molar-refractivity contribution in [2.24, 2.45) is 0 Å². The molecule has 0 radical (unpaired) electrons. The van der Waals surface area contributed by atoms with Crippen molar-refractivity contribution in [1.29, 1.82) is 0 Å². The molecule has 4 nitrogen and oxygen atoms in total. The first-order valence-corrected chi connectivity index (χ1v) is 8.43. The minimum Gasteiger partial charge on any atom is -0.496 e. The lowest BCUT2D eigenvalue weighted by molar-refractivity contribution is 0.260. The minimum absolute atomic E-state index is 0.0808. The molecule has 0 saturated heterocycles. The van der Waals surface area contributed by atoms with Crippen LogP contribution in [0.5, 0.6) is 5.75 Å². The number of nitrogens with zero attached hydrogens (tertiary/aromatic N) is 1. The molecular weight excluding hydrogens is 314 g/mol. The van der Waals surface area contributed by atoms with Crippen molar-refractivity contribution in [3.63, 3.8) is 0 Å². The Bertz CT molecular complexity index is 927. The van der Waals surface area contributed by atoms with Gasteiger partial charge in [-0.15, -0.1) is 0 Å². The quantitative estimate of drug-likeness (QED) is 0.602. The Morgan fingerprint density at radius 3 is 2.32 bits per heavy atom. The van der Waals surface area contributed by atoms with Gasteiger partial charge in [-0.2, -0.15) is 0 Å². The maximum atomic E-state index is 10.1. The van der Waals surface area contributed by atoms with Crippen LogP contribution in [0.2, 0.25) is 0 Å². The fourth-order valence-electron chi connectivity index (χ4n) is 3.89. The average molecular weight is 335 g/mol. The SMILES string of the molecule is COc1ccccc1-c1c(CO)c(CO)c2n1Cc1ccccc1C2. The Hall–Kier alpha value is -2.56. The van der Waals surface area contributed by atoms with Gasteiger partial charge < -0.3 is 19.5 Å². The van der Waals surface area contributed by atoms with Crippen LogP contribution in [0.1, 0.15) is 27.9 Å². The van der Waals surface area contributed by atoms with Gasteiger partial charge in [-0.25, -0.2) is 0 Å². The van der Waals surface area contributed by atoms with Crippen LogP contribution in [0.25, 0.3) is 11.3 Å². The first kappa shape index (κ1) is 15.9. The van der Waals surface area contributed by atoms with E-state index in [4.69, 9.17) is 4.74 Å². The fraction of sp³-hybridized carbons (Fsp3) is 0.238. The molecule has 3 aromatic rings. The zero-order valence-corrected chi connectivity index (χ0v) is 14.2.